The molecule has 0 unspecified atom stereocenters. The van der Waals surface area contributed by atoms with E-state index in [1.807, 2.05) is 26.0 Å². The standard InChI is InChI=1S/C12H20FN3/c1-9-7-12(11(14)8-10(9)13)16(4)6-5-15(2)3/h7-8H,5-6,14H2,1-4H3. The molecule has 0 spiro atoms. The molecule has 1 rings (SSSR count). The van der Waals surface area contributed by atoms with Gasteiger partial charge in [0.25, 0.3) is 0 Å². The van der Waals surface area contributed by atoms with Crippen molar-refractivity contribution in [2.75, 3.05) is 44.9 Å². The zero-order valence-electron chi connectivity index (χ0n) is 10.4. The van der Waals surface area contributed by atoms with Crippen LogP contribution in [0, 0.1) is 12.7 Å². The van der Waals surface area contributed by atoms with E-state index in [1.54, 1.807) is 13.0 Å². The predicted octanol–water partition coefficient (Wildman–Crippen LogP) is 1.71. The summed E-state index contributed by atoms with van der Waals surface area (Å²) in [5, 5.41) is 0. The van der Waals surface area contributed by atoms with Crippen molar-refractivity contribution >= 4 is 11.4 Å². The fourth-order valence-corrected chi connectivity index (χ4v) is 1.48. The van der Waals surface area contributed by atoms with Crippen LogP contribution in [0.3, 0.4) is 0 Å². The van der Waals surface area contributed by atoms with Crippen LogP contribution >= 0.6 is 0 Å². The van der Waals surface area contributed by atoms with Crippen molar-refractivity contribution in [3.63, 3.8) is 0 Å². The van der Waals surface area contributed by atoms with Gasteiger partial charge in [-0.25, -0.2) is 4.39 Å². The maximum absolute atomic E-state index is 13.2. The summed E-state index contributed by atoms with van der Waals surface area (Å²) in [5.74, 6) is -0.248. The minimum absolute atomic E-state index is 0.248. The molecule has 0 amide bonds. The van der Waals surface area contributed by atoms with Crippen LogP contribution in [0.1, 0.15) is 5.56 Å². The number of likely N-dealkylation sites (N-methyl/N-ethyl adjacent to an activating group) is 2. The summed E-state index contributed by atoms with van der Waals surface area (Å²) in [6, 6.07) is 3.18. The topological polar surface area (TPSA) is 32.5 Å². The lowest BCUT2D eigenvalue weighted by Gasteiger charge is -2.23. The number of hydrogen-bond donors (Lipinski definition) is 1. The summed E-state index contributed by atoms with van der Waals surface area (Å²) in [5.41, 5.74) is 7.81. The van der Waals surface area contributed by atoms with E-state index >= 15 is 0 Å². The average molecular weight is 225 g/mol. The van der Waals surface area contributed by atoms with E-state index in [2.05, 4.69) is 4.90 Å². The highest BCUT2D eigenvalue weighted by Crippen LogP contribution is 2.25. The number of benzene rings is 1. The van der Waals surface area contributed by atoms with Gasteiger partial charge in [-0.15, -0.1) is 0 Å². The van der Waals surface area contributed by atoms with Crippen molar-refractivity contribution in [3.8, 4) is 0 Å². The van der Waals surface area contributed by atoms with Crippen LogP contribution in [0.15, 0.2) is 12.1 Å². The molecule has 0 saturated carbocycles. The lowest BCUT2D eigenvalue weighted by atomic mass is 10.1. The van der Waals surface area contributed by atoms with Gasteiger partial charge in [0, 0.05) is 20.1 Å². The highest BCUT2D eigenvalue weighted by Gasteiger charge is 2.09. The van der Waals surface area contributed by atoms with Crippen molar-refractivity contribution in [1.82, 2.24) is 4.90 Å². The monoisotopic (exact) mass is 225 g/mol. The SMILES string of the molecule is Cc1cc(N(C)CCN(C)C)c(N)cc1F. The van der Waals surface area contributed by atoms with Crippen LogP contribution < -0.4 is 10.6 Å². The summed E-state index contributed by atoms with van der Waals surface area (Å²) in [4.78, 5) is 4.14. The van der Waals surface area contributed by atoms with E-state index < -0.39 is 0 Å². The van der Waals surface area contributed by atoms with Gasteiger partial charge in [0.05, 0.1) is 11.4 Å². The Kier molecular flexibility index (Phi) is 4.12. The number of nitrogen functional groups attached to an aromatic ring is 1. The second-order valence-corrected chi connectivity index (χ2v) is 4.39. The molecule has 3 nitrogen and oxygen atoms in total. The second kappa shape index (κ2) is 5.16. The van der Waals surface area contributed by atoms with Gasteiger partial charge in [-0.3, -0.25) is 0 Å². The number of halogens is 1. The molecule has 0 fully saturated rings. The molecular formula is C12H20FN3. The second-order valence-electron chi connectivity index (χ2n) is 4.39. The van der Waals surface area contributed by atoms with Gasteiger partial charge in [0.1, 0.15) is 5.82 Å². The Morgan fingerprint density at radius 1 is 1.19 bits per heavy atom. The fraction of sp³-hybridized carbons (Fsp3) is 0.500. The van der Waals surface area contributed by atoms with Gasteiger partial charge < -0.3 is 15.5 Å². The van der Waals surface area contributed by atoms with E-state index in [9.17, 15) is 4.39 Å². The van der Waals surface area contributed by atoms with Gasteiger partial charge in [0.2, 0.25) is 0 Å². The molecule has 0 saturated heterocycles. The Labute approximate surface area is 96.6 Å². The van der Waals surface area contributed by atoms with E-state index in [0.717, 1.165) is 18.8 Å². The van der Waals surface area contributed by atoms with Gasteiger partial charge in [-0.1, -0.05) is 0 Å². The van der Waals surface area contributed by atoms with Crippen molar-refractivity contribution in [2.45, 2.75) is 6.92 Å². The summed E-state index contributed by atoms with van der Waals surface area (Å²) in [7, 11) is 6.01. The highest BCUT2D eigenvalue weighted by molar-refractivity contribution is 5.68. The van der Waals surface area contributed by atoms with E-state index in [0.29, 0.717) is 11.3 Å². The van der Waals surface area contributed by atoms with E-state index in [1.165, 1.54) is 6.07 Å². The quantitative estimate of drug-likeness (QED) is 0.792. The van der Waals surface area contributed by atoms with Crippen molar-refractivity contribution in [1.29, 1.82) is 0 Å². The first-order chi connectivity index (χ1) is 7.41. The summed E-state index contributed by atoms with van der Waals surface area (Å²) in [6.07, 6.45) is 0. The Morgan fingerprint density at radius 3 is 2.38 bits per heavy atom. The first-order valence-corrected chi connectivity index (χ1v) is 5.33. The van der Waals surface area contributed by atoms with E-state index in [4.69, 9.17) is 5.73 Å². The van der Waals surface area contributed by atoms with Crippen LogP contribution in [0.5, 0.6) is 0 Å². The molecule has 0 bridgehead atoms. The molecule has 0 aromatic heterocycles. The molecule has 1 aromatic rings. The normalized spacial score (nSPS) is 10.9. The molecule has 90 valence electrons. The minimum Gasteiger partial charge on any atom is -0.397 e. The van der Waals surface area contributed by atoms with Gasteiger partial charge in [-0.2, -0.15) is 0 Å². The first kappa shape index (κ1) is 12.8. The molecule has 2 N–H and O–H groups in total. The van der Waals surface area contributed by atoms with Crippen LogP contribution in [0.4, 0.5) is 15.8 Å². The zero-order valence-corrected chi connectivity index (χ0v) is 10.4. The van der Waals surface area contributed by atoms with Crippen molar-refractivity contribution < 1.29 is 4.39 Å². The third kappa shape index (κ3) is 3.10. The minimum atomic E-state index is -0.248. The molecule has 1 aromatic carbocycles. The van der Waals surface area contributed by atoms with Gasteiger partial charge >= 0.3 is 0 Å². The highest BCUT2D eigenvalue weighted by atomic mass is 19.1. The van der Waals surface area contributed by atoms with Gasteiger partial charge in [-0.05, 0) is 38.7 Å². The van der Waals surface area contributed by atoms with Crippen LogP contribution in [0.25, 0.3) is 0 Å². The maximum Gasteiger partial charge on any atom is 0.128 e. The molecule has 4 heteroatoms. The molecule has 0 aliphatic carbocycles. The molecule has 0 aliphatic rings. The average Bonchev–Trinajstić information content (AvgIpc) is 2.20. The van der Waals surface area contributed by atoms with Crippen molar-refractivity contribution in [3.05, 3.63) is 23.5 Å². The number of anilines is 2. The van der Waals surface area contributed by atoms with E-state index in [-0.39, 0.29) is 5.82 Å². The number of rotatable bonds is 4. The lowest BCUT2D eigenvalue weighted by Crippen LogP contribution is -2.29. The number of hydrogen-bond acceptors (Lipinski definition) is 3. The van der Waals surface area contributed by atoms with Crippen LogP contribution in [-0.4, -0.2) is 39.1 Å². The maximum atomic E-state index is 13.2. The van der Waals surface area contributed by atoms with Crippen LogP contribution in [-0.2, 0) is 0 Å². The summed E-state index contributed by atoms with van der Waals surface area (Å²) < 4.78 is 13.2. The molecule has 0 radical (unpaired) electrons. The fourth-order valence-electron chi connectivity index (χ4n) is 1.48. The predicted molar refractivity (Wildman–Crippen MR) is 67.4 cm³/mol. The van der Waals surface area contributed by atoms with Gasteiger partial charge in [0.15, 0.2) is 0 Å². The number of nitrogens with zero attached hydrogens (tertiary/aromatic N) is 2. The molecular weight excluding hydrogens is 205 g/mol. The third-order valence-electron chi connectivity index (χ3n) is 2.60. The largest absolute Gasteiger partial charge is 0.397 e. The lowest BCUT2D eigenvalue weighted by molar-refractivity contribution is 0.416. The summed E-state index contributed by atoms with van der Waals surface area (Å²) >= 11 is 0. The number of nitrogens with two attached hydrogens (primary N) is 1. The molecule has 16 heavy (non-hydrogen) atoms. The Balaban J connectivity index is 2.82. The zero-order chi connectivity index (χ0) is 12.3. The smallest absolute Gasteiger partial charge is 0.128 e. The Bertz CT molecular complexity index is 364. The summed E-state index contributed by atoms with van der Waals surface area (Å²) in [6.45, 7) is 3.55. The first-order valence-electron chi connectivity index (χ1n) is 5.33. The van der Waals surface area contributed by atoms with Crippen LogP contribution in [0.2, 0.25) is 0 Å². The Morgan fingerprint density at radius 2 is 1.81 bits per heavy atom. The Hall–Kier alpha value is -1.29. The molecule has 0 atom stereocenters. The molecule has 0 aliphatic heterocycles. The van der Waals surface area contributed by atoms with Crippen molar-refractivity contribution in [2.24, 2.45) is 0 Å². The molecule has 0 heterocycles. The number of aryl methyl sites for hydroxylation is 1. The third-order valence-corrected chi connectivity index (χ3v) is 2.60.